The first-order chi connectivity index (χ1) is 14.7. The molecule has 4 rings (SSSR count). The second-order valence-corrected chi connectivity index (χ2v) is 9.76. The smallest absolute Gasteiger partial charge is 0.327 e. The first kappa shape index (κ1) is 21.4. The van der Waals surface area contributed by atoms with Gasteiger partial charge in [0.2, 0.25) is 5.91 Å². The Labute approximate surface area is 187 Å². The Hall–Kier alpha value is -2.85. The number of fused-ring (bicyclic) bond motifs is 1. The van der Waals surface area contributed by atoms with E-state index in [0.29, 0.717) is 22.2 Å². The summed E-state index contributed by atoms with van der Waals surface area (Å²) in [6, 6.07) is 2.47. The van der Waals surface area contributed by atoms with E-state index in [1.807, 2.05) is 32.9 Å². The van der Waals surface area contributed by atoms with E-state index in [0.717, 1.165) is 22.3 Å². The summed E-state index contributed by atoms with van der Waals surface area (Å²) in [5.41, 5.74) is 10.6. The van der Waals surface area contributed by atoms with Crippen LogP contribution in [0, 0.1) is 20.8 Å². The maximum Gasteiger partial charge on any atom is 0.327 e. The second-order valence-electron chi connectivity index (χ2n) is 7.72. The number of carboxylic acids is 1. The van der Waals surface area contributed by atoms with Crippen molar-refractivity contribution in [2.75, 3.05) is 11.5 Å². The van der Waals surface area contributed by atoms with E-state index in [1.54, 1.807) is 11.5 Å². The molecule has 3 heterocycles. The predicted octanol–water partition coefficient (Wildman–Crippen LogP) is 2.04. The fourth-order valence-corrected chi connectivity index (χ4v) is 6.07. The number of anilines is 1. The van der Waals surface area contributed by atoms with Crippen LogP contribution in [0.2, 0.25) is 0 Å². The average Bonchev–Trinajstić information content (AvgIpc) is 3.29. The quantitative estimate of drug-likeness (QED) is 0.462. The zero-order valence-corrected chi connectivity index (χ0v) is 18.8. The molecule has 8 nitrogen and oxygen atoms in total. The van der Waals surface area contributed by atoms with E-state index < -0.39 is 24.0 Å². The van der Waals surface area contributed by atoms with E-state index >= 15 is 0 Å². The van der Waals surface area contributed by atoms with Gasteiger partial charge in [0.1, 0.15) is 17.5 Å². The van der Waals surface area contributed by atoms with Gasteiger partial charge in [-0.2, -0.15) is 0 Å². The third-order valence-corrected chi connectivity index (χ3v) is 7.50. The molecular formula is C21H22N4O4S2. The van der Waals surface area contributed by atoms with Gasteiger partial charge < -0.3 is 21.1 Å². The number of carbonyl (C=O) groups excluding carboxylic acids is 2. The van der Waals surface area contributed by atoms with Crippen molar-refractivity contribution < 1.29 is 19.5 Å². The largest absolute Gasteiger partial charge is 0.480 e. The zero-order valence-electron chi connectivity index (χ0n) is 17.2. The number of benzene rings is 1. The number of amides is 2. The molecular weight excluding hydrogens is 436 g/mol. The van der Waals surface area contributed by atoms with Crippen LogP contribution in [0.25, 0.3) is 11.6 Å². The molecule has 3 atom stereocenters. The van der Waals surface area contributed by atoms with Gasteiger partial charge in [-0.25, -0.2) is 9.78 Å². The van der Waals surface area contributed by atoms with Crippen molar-refractivity contribution >= 4 is 57.7 Å². The Morgan fingerprint density at radius 3 is 2.55 bits per heavy atom. The average molecular weight is 459 g/mol. The third-order valence-electron chi connectivity index (χ3n) is 5.48. The molecule has 0 spiro atoms. The molecule has 2 amide bonds. The molecule has 0 aliphatic carbocycles. The molecule has 1 aromatic carbocycles. The number of β-lactam (4-membered cyclic amide) rings is 1. The van der Waals surface area contributed by atoms with Crippen LogP contribution in [0.3, 0.4) is 0 Å². The molecule has 4 N–H and O–H groups in total. The number of nitrogens with two attached hydrogens (primary N) is 1. The highest BCUT2D eigenvalue weighted by Crippen LogP contribution is 2.40. The van der Waals surface area contributed by atoms with Crippen LogP contribution in [-0.4, -0.2) is 56.0 Å². The Balaban J connectivity index is 1.64. The second kappa shape index (κ2) is 8.01. The van der Waals surface area contributed by atoms with E-state index in [2.05, 4.69) is 10.3 Å². The minimum atomic E-state index is -1.03. The van der Waals surface area contributed by atoms with Gasteiger partial charge in [-0.1, -0.05) is 17.7 Å². The van der Waals surface area contributed by atoms with Crippen molar-refractivity contribution in [3.8, 4) is 0 Å². The molecule has 2 unspecified atom stereocenters. The SMILES string of the molecule is Cc1cc(C)c(C=C(C(=O)NC2C(=O)N3C(C(=O)O)CS[C@H]23)c2csc(N)n2)c(C)c1. The van der Waals surface area contributed by atoms with Crippen LogP contribution in [0.1, 0.15) is 27.9 Å². The molecule has 2 saturated heterocycles. The Bertz CT molecular complexity index is 1100. The van der Waals surface area contributed by atoms with Crippen LogP contribution < -0.4 is 11.1 Å². The van der Waals surface area contributed by atoms with Crippen molar-refractivity contribution in [3.05, 3.63) is 45.5 Å². The minimum absolute atomic E-state index is 0.311. The molecule has 162 valence electrons. The summed E-state index contributed by atoms with van der Waals surface area (Å²) >= 11 is 2.59. The van der Waals surface area contributed by atoms with Crippen molar-refractivity contribution in [1.29, 1.82) is 0 Å². The standard InChI is InChI=1S/C21H22N4O4S2/c1-9-4-10(2)12(11(3)5-9)6-13(14-7-31-21(22)23-14)17(26)24-16-18(27)25-15(20(28)29)8-30-19(16)25/h4-7,15-16,19H,8H2,1-3H3,(H2,22,23)(H,24,26)(H,28,29)/t15?,16?,19-/m1/s1. The first-order valence-corrected chi connectivity index (χ1v) is 11.6. The van der Waals surface area contributed by atoms with Gasteiger partial charge in [-0.15, -0.1) is 23.1 Å². The topological polar surface area (TPSA) is 126 Å². The van der Waals surface area contributed by atoms with Gasteiger partial charge in [-0.05, 0) is 43.5 Å². The monoisotopic (exact) mass is 458 g/mol. The summed E-state index contributed by atoms with van der Waals surface area (Å²) in [4.78, 5) is 42.7. The summed E-state index contributed by atoms with van der Waals surface area (Å²) in [6.07, 6.45) is 1.77. The van der Waals surface area contributed by atoms with Crippen LogP contribution >= 0.6 is 23.1 Å². The lowest BCUT2D eigenvalue weighted by atomic mass is 9.96. The number of carboxylic acid groups (broad SMARTS) is 1. The highest BCUT2D eigenvalue weighted by Gasteiger charge is 2.57. The minimum Gasteiger partial charge on any atom is -0.480 e. The number of rotatable bonds is 5. The highest BCUT2D eigenvalue weighted by atomic mass is 32.2. The van der Waals surface area contributed by atoms with E-state index in [9.17, 15) is 19.5 Å². The number of nitrogens with zero attached hydrogens (tertiary/aromatic N) is 2. The van der Waals surface area contributed by atoms with Crippen molar-refractivity contribution in [1.82, 2.24) is 15.2 Å². The highest BCUT2D eigenvalue weighted by molar-refractivity contribution is 8.00. The molecule has 2 aliphatic rings. The lowest BCUT2D eigenvalue weighted by molar-refractivity contribution is -0.158. The first-order valence-electron chi connectivity index (χ1n) is 9.65. The number of nitrogens with one attached hydrogen (secondary N) is 1. The van der Waals surface area contributed by atoms with Crippen molar-refractivity contribution in [2.24, 2.45) is 0 Å². The fraction of sp³-hybridized carbons (Fsp3) is 0.333. The molecule has 31 heavy (non-hydrogen) atoms. The van der Waals surface area contributed by atoms with Gasteiger partial charge in [0.05, 0.1) is 11.3 Å². The van der Waals surface area contributed by atoms with Crippen LogP contribution in [0.5, 0.6) is 0 Å². The van der Waals surface area contributed by atoms with Gasteiger partial charge in [0.25, 0.3) is 5.91 Å². The lowest BCUT2D eigenvalue weighted by Gasteiger charge is -2.43. The van der Waals surface area contributed by atoms with Crippen LogP contribution in [0.15, 0.2) is 17.5 Å². The van der Waals surface area contributed by atoms with Crippen LogP contribution in [0.4, 0.5) is 5.13 Å². The summed E-state index contributed by atoms with van der Waals surface area (Å²) in [5, 5.41) is 13.7. The number of hydrogen-bond acceptors (Lipinski definition) is 7. The zero-order chi connectivity index (χ0) is 22.4. The number of nitrogen functional groups attached to an aromatic ring is 1. The van der Waals surface area contributed by atoms with Crippen molar-refractivity contribution in [2.45, 2.75) is 38.2 Å². The normalized spacial score (nSPS) is 22.8. The number of thioether (sulfide) groups is 1. The van der Waals surface area contributed by atoms with E-state index in [-0.39, 0.29) is 11.3 Å². The number of aliphatic carboxylic acids is 1. The van der Waals surface area contributed by atoms with Crippen molar-refractivity contribution in [3.63, 3.8) is 0 Å². The number of aryl methyl sites for hydroxylation is 3. The third kappa shape index (κ3) is 3.81. The lowest BCUT2D eigenvalue weighted by Crippen LogP contribution is -2.70. The van der Waals surface area contributed by atoms with Gasteiger partial charge >= 0.3 is 5.97 Å². The molecule has 10 heteroatoms. The molecule has 2 aliphatic heterocycles. The van der Waals surface area contributed by atoms with E-state index in [1.165, 1.54) is 28.0 Å². The molecule has 2 fully saturated rings. The van der Waals surface area contributed by atoms with Gasteiger partial charge in [0, 0.05) is 11.1 Å². The fourth-order valence-electron chi connectivity index (χ4n) is 4.04. The number of carbonyl (C=O) groups is 3. The van der Waals surface area contributed by atoms with Gasteiger partial charge in [-0.3, -0.25) is 9.59 Å². The number of hydrogen-bond donors (Lipinski definition) is 3. The maximum atomic E-state index is 13.2. The summed E-state index contributed by atoms with van der Waals surface area (Å²) in [5.74, 6) is -1.54. The summed E-state index contributed by atoms with van der Waals surface area (Å²) in [6.45, 7) is 5.97. The Kier molecular flexibility index (Phi) is 5.52. The van der Waals surface area contributed by atoms with Gasteiger partial charge in [0.15, 0.2) is 5.13 Å². The maximum absolute atomic E-state index is 13.2. The molecule has 0 bridgehead atoms. The molecule has 2 aromatic rings. The number of aromatic nitrogens is 1. The Morgan fingerprint density at radius 2 is 1.97 bits per heavy atom. The summed E-state index contributed by atoms with van der Waals surface area (Å²) in [7, 11) is 0. The molecule has 1 aromatic heterocycles. The molecule has 0 saturated carbocycles. The predicted molar refractivity (Wildman–Crippen MR) is 121 cm³/mol. The summed E-state index contributed by atoms with van der Waals surface area (Å²) < 4.78 is 0. The molecule has 0 radical (unpaired) electrons. The van der Waals surface area contributed by atoms with E-state index in [4.69, 9.17) is 5.73 Å². The van der Waals surface area contributed by atoms with Crippen LogP contribution in [-0.2, 0) is 14.4 Å². The number of thiazole rings is 1. The Morgan fingerprint density at radius 1 is 1.29 bits per heavy atom.